The zero-order valence-electron chi connectivity index (χ0n) is 14.6. The van der Waals surface area contributed by atoms with Gasteiger partial charge in [-0.2, -0.15) is 0 Å². The standard InChI is InChI=1S/C18H23N5O2S/c19-10-16-21-15(13-26-16)18(25)20-11-17(24)23-8-6-22(7-9-23)12-14-4-2-1-3-5-14/h1-5,13H,6-12,19H2,(H,20,25). The largest absolute Gasteiger partial charge is 0.342 e. The van der Waals surface area contributed by atoms with Crippen molar-refractivity contribution in [2.75, 3.05) is 32.7 Å². The molecule has 1 fully saturated rings. The fourth-order valence-electron chi connectivity index (χ4n) is 2.86. The van der Waals surface area contributed by atoms with E-state index in [2.05, 4.69) is 27.3 Å². The topological polar surface area (TPSA) is 91.6 Å². The molecule has 1 aromatic carbocycles. The molecular formula is C18H23N5O2S. The van der Waals surface area contributed by atoms with E-state index >= 15 is 0 Å². The lowest BCUT2D eigenvalue weighted by Crippen LogP contribution is -2.50. The molecule has 8 heteroatoms. The first-order chi connectivity index (χ1) is 12.7. The second kappa shape index (κ2) is 8.88. The lowest BCUT2D eigenvalue weighted by atomic mass is 10.2. The second-order valence-corrected chi connectivity index (χ2v) is 7.10. The van der Waals surface area contributed by atoms with E-state index in [0.717, 1.165) is 19.6 Å². The van der Waals surface area contributed by atoms with Crippen LogP contribution in [-0.4, -0.2) is 59.3 Å². The van der Waals surface area contributed by atoms with Crippen LogP contribution >= 0.6 is 11.3 Å². The first-order valence-electron chi connectivity index (χ1n) is 8.62. The Hall–Kier alpha value is -2.29. The van der Waals surface area contributed by atoms with Gasteiger partial charge in [0.1, 0.15) is 10.7 Å². The van der Waals surface area contributed by atoms with Gasteiger partial charge in [0.15, 0.2) is 0 Å². The van der Waals surface area contributed by atoms with E-state index in [1.54, 1.807) is 10.3 Å². The molecule has 3 N–H and O–H groups in total. The highest BCUT2D eigenvalue weighted by Crippen LogP contribution is 2.10. The molecule has 0 radical (unpaired) electrons. The summed E-state index contributed by atoms with van der Waals surface area (Å²) in [4.78, 5) is 32.6. The molecule has 0 aliphatic carbocycles. The number of amides is 2. The van der Waals surface area contributed by atoms with Crippen molar-refractivity contribution in [3.05, 3.63) is 52.0 Å². The number of piperazine rings is 1. The molecule has 0 bridgehead atoms. The van der Waals surface area contributed by atoms with Crippen LogP contribution in [0.25, 0.3) is 0 Å². The molecule has 1 aromatic heterocycles. The number of nitrogens with zero attached hydrogens (tertiary/aromatic N) is 3. The van der Waals surface area contributed by atoms with Gasteiger partial charge in [0.05, 0.1) is 6.54 Å². The first-order valence-corrected chi connectivity index (χ1v) is 9.50. The van der Waals surface area contributed by atoms with E-state index in [1.807, 2.05) is 18.2 Å². The third kappa shape index (κ3) is 4.87. The molecule has 26 heavy (non-hydrogen) atoms. The van der Waals surface area contributed by atoms with Crippen molar-refractivity contribution in [1.82, 2.24) is 20.1 Å². The van der Waals surface area contributed by atoms with Gasteiger partial charge in [-0.15, -0.1) is 11.3 Å². The molecular weight excluding hydrogens is 350 g/mol. The van der Waals surface area contributed by atoms with Gasteiger partial charge in [0, 0.05) is 44.6 Å². The van der Waals surface area contributed by atoms with E-state index < -0.39 is 0 Å². The van der Waals surface area contributed by atoms with Crippen LogP contribution in [0, 0.1) is 0 Å². The van der Waals surface area contributed by atoms with E-state index in [-0.39, 0.29) is 18.4 Å². The third-order valence-electron chi connectivity index (χ3n) is 4.33. The molecule has 2 amide bonds. The van der Waals surface area contributed by atoms with Crippen LogP contribution < -0.4 is 11.1 Å². The number of nitrogens with two attached hydrogens (primary N) is 1. The van der Waals surface area contributed by atoms with Crippen molar-refractivity contribution < 1.29 is 9.59 Å². The van der Waals surface area contributed by atoms with Gasteiger partial charge in [-0.05, 0) is 5.56 Å². The molecule has 1 aliphatic heterocycles. The minimum absolute atomic E-state index is 0.00694. The summed E-state index contributed by atoms with van der Waals surface area (Å²) in [5.41, 5.74) is 7.09. The van der Waals surface area contributed by atoms with Gasteiger partial charge in [-0.25, -0.2) is 4.98 Å². The van der Waals surface area contributed by atoms with Gasteiger partial charge < -0.3 is 16.0 Å². The van der Waals surface area contributed by atoms with Gasteiger partial charge in [0.25, 0.3) is 5.91 Å². The molecule has 1 aliphatic rings. The minimum atomic E-state index is -0.336. The van der Waals surface area contributed by atoms with Crippen molar-refractivity contribution in [2.24, 2.45) is 5.73 Å². The SMILES string of the molecule is NCc1nc(C(=O)NCC(=O)N2CCN(Cc3ccccc3)CC2)cs1. The molecule has 0 unspecified atom stereocenters. The molecule has 3 rings (SSSR count). The fourth-order valence-corrected chi connectivity index (χ4v) is 3.52. The van der Waals surface area contributed by atoms with Crippen LogP contribution in [0.2, 0.25) is 0 Å². The maximum atomic E-state index is 12.3. The van der Waals surface area contributed by atoms with Crippen molar-refractivity contribution in [2.45, 2.75) is 13.1 Å². The monoisotopic (exact) mass is 373 g/mol. The summed E-state index contributed by atoms with van der Waals surface area (Å²) in [6.07, 6.45) is 0. The van der Waals surface area contributed by atoms with E-state index in [4.69, 9.17) is 5.73 Å². The highest BCUT2D eigenvalue weighted by Gasteiger charge is 2.21. The number of rotatable bonds is 6. The normalized spacial score (nSPS) is 15.0. The summed E-state index contributed by atoms with van der Waals surface area (Å²) < 4.78 is 0. The molecule has 1 saturated heterocycles. The average Bonchev–Trinajstić information content (AvgIpc) is 3.17. The van der Waals surface area contributed by atoms with Crippen molar-refractivity contribution in [1.29, 1.82) is 0 Å². The lowest BCUT2D eigenvalue weighted by molar-refractivity contribution is -0.131. The number of benzene rings is 1. The maximum absolute atomic E-state index is 12.3. The zero-order chi connectivity index (χ0) is 18.4. The highest BCUT2D eigenvalue weighted by molar-refractivity contribution is 7.09. The second-order valence-electron chi connectivity index (χ2n) is 6.16. The first kappa shape index (κ1) is 18.5. The number of aromatic nitrogens is 1. The van der Waals surface area contributed by atoms with Gasteiger partial charge in [-0.1, -0.05) is 30.3 Å². The Morgan fingerprint density at radius 3 is 2.54 bits per heavy atom. The maximum Gasteiger partial charge on any atom is 0.271 e. The predicted molar refractivity (Wildman–Crippen MR) is 101 cm³/mol. The van der Waals surface area contributed by atoms with E-state index in [0.29, 0.717) is 30.3 Å². The van der Waals surface area contributed by atoms with Gasteiger partial charge in [-0.3, -0.25) is 14.5 Å². The average molecular weight is 373 g/mol. The lowest BCUT2D eigenvalue weighted by Gasteiger charge is -2.34. The predicted octanol–water partition coefficient (Wildman–Crippen LogP) is 0.676. The van der Waals surface area contributed by atoms with Crippen LogP contribution in [0.4, 0.5) is 0 Å². The molecule has 0 saturated carbocycles. The molecule has 2 heterocycles. The number of thiazole rings is 1. The molecule has 0 atom stereocenters. The number of nitrogens with one attached hydrogen (secondary N) is 1. The summed E-state index contributed by atoms with van der Waals surface area (Å²) in [5.74, 6) is -0.399. The van der Waals surface area contributed by atoms with E-state index in [1.165, 1.54) is 16.9 Å². The molecule has 7 nitrogen and oxygen atoms in total. The third-order valence-corrected chi connectivity index (χ3v) is 5.20. The smallest absolute Gasteiger partial charge is 0.271 e. The Kier molecular flexibility index (Phi) is 6.32. The van der Waals surface area contributed by atoms with E-state index in [9.17, 15) is 9.59 Å². The number of hydrogen-bond donors (Lipinski definition) is 2. The summed E-state index contributed by atoms with van der Waals surface area (Å²) in [5, 5.41) is 5.01. The molecule has 2 aromatic rings. The van der Waals surface area contributed by atoms with Gasteiger partial charge >= 0.3 is 0 Å². The molecule has 138 valence electrons. The molecule has 0 spiro atoms. The highest BCUT2D eigenvalue weighted by atomic mass is 32.1. The zero-order valence-corrected chi connectivity index (χ0v) is 15.4. The number of hydrogen-bond acceptors (Lipinski definition) is 6. The number of carbonyl (C=O) groups excluding carboxylic acids is 2. The Morgan fingerprint density at radius 2 is 1.88 bits per heavy atom. The Morgan fingerprint density at radius 1 is 1.15 bits per heavy atom. The fraction of sp³-hybridized carbons (Fsp3) is 0.389. The van der Waals surface area contributed by atoms with Crippen molar-refractivity contribution in [3.8, 4) is 0 Å². The van der Waals surface area contributed by atoms with Crippen LogP contribution in [0.15, 0.2) is 35.7 Å². The van der Waals surface area contributed by atoms with Crippen LogP contribution in [0.5, 0.6) is 0 Å². The van der Waals surface area contributed by atoms with Crippen LogP contribution in [0.3, 0.4) is 0 Å². The van der Waals surface area contributed by atoms with Crippen molar-refractivity contribution >= 4 is 23.2 Å². The van der Waals surface area contributed by atoms with Crippen LogP contribution in [-0.2, 0) is 17.9 Å². The Balaban J connectivity index is 1.41. The number of carbonyl (C=O) groups is 2. The summed E-state index contributed by atoms with van der Waals surface area (Å²) >= 11 is 1.34. The minimum Gasteiger partial charge on any atom is -0.342 e. The Labute approximate surface area is 156 Å². The van der Waals surface area contributed by atoms with Gasteiger partial charge in [0.2, 0.25) is 5.91 Å². The Bertz CT molecular complexity index is 741. The van der Waals surface area contributed by atoms with Crippen molar-refractivity contribution in [3.63, 3.8) is 0 Å². The van der Waals surface area contributed by atoms with Crippen LogP contribution in [0.1, 0.15) is 21.1 Å². The summed E-state index contributed by atoms with van der Waals surface area (Å²) in [7, 11) is 0. The summed E-state index contributed by atoms with van der Waals surface area (Å²) in [6.45, 7) is 4.22. The quantitative estimate of drug-likeness (QED) is 0.777. The summed E-state index contributed by atoms with van der Waals surface area (Å²) in [6, 6.07) is 10.3.